The molecule has 0 aromatic heterocycles. The molecule has 1 aromatic carbocycles. The molecule has 1 aromatic rings. The first-order valence-electron chi connectivity index (χ1n) is 7.17. The van der Waals surface area contributed by atoms with E-state index >= 15 is 0 Å². The van der Waals surface area contributed by atoms with Crippen molar-refractivity contribution in [3.63, 3.8) is 0 Å². The van der Waals surface area contributed by atoms with Gasteiger partial charge in [0.05, 0.1) is 0 Å². The molecule has 3 nitrogen and oxygen atoms in total. The highest BCUT2D eigenvalue weighted by Crippen LogP contribution is 2.32. The summed E-state index contributed by atoms with van der Waals surface area (Å²) in [4.78, 5) is 14.7. The van der Waals surface area contributed by atoms with Crippen molar-refractivity contribution in [3.8, 4) is 0 Å². The maximum Gasteiger partial charge on any atom is 0.244 e. The highest BCUT2D eigenvalue weighted by molar-refractivity contribution is 5.84. The number of nitrogens with one attached hydrogen (secondary N) is 1. The molecular weight excluding hydrogens is 236 g/mol. The summed E-state index contributed by atoms with van der Waals surface area (Å²) >= 11 is 0. The number of fused-ring (bicyclic) bond motifs is 1. The van der Waals surface area contributed by atoms with Crippen molar-refractivity contribution in [2.24, 2.45) is 5.41 Å². The topological polar surface area (TPSA) is 32.3 Å². The number of rotatable bonds is 1. The van der Waals surface area contributed by atoms with E-state index in [4.69, 9.17) is 0 Å². The lowest BCUT2D eigenvalue weighted by molar-refractivity contribution is -0.133. The van der Waals surface area contributed by atoms with Crippen LogP contribution in [0.1, 0.15) is 37.4 Å². The number of hydrogen-bond donors (Lipinski definition) is 1. The Morgan fingerprint density at radius 2 is 2.16 bits per heavy atom. The number of amides is 1. The van der Waals surface area contributed by atoms with Gasteiger partial charge in [-0.15, -0.1) is 0 Å². The van der Waals surface area contributed by atoms with E-state index in [2.05, 4.69) is 37.4 Å². The average Bonchev–Trinajstić information content (AvgIpc) is 2.78. The van der Waals surface area contributed by atoms with Crippen LogP contribution in [-0.4, -0.2) is 30.4 Å². The zero-order chi connectivity index (χ0) is 13.5. The maximum atomic E-state index is 12.7. The monoisotopic (exact) mass is 258 g/mol. The largest absolute Gasteiger partial charge is 0.340 e. The van der Waals surface area contributed by atoms with Gasteiger partial charge in [0.2, 0.25) is 5.91 Å². The van der Waals surface area contributed by atoms with Crippen LogP contribution < -0.4 is 5.32 Å². The van der Waals surface area contributed by atoms with Crippen molar-refractivity contribution in [1.29, 1.82) is 0 Å². The van der Waals surface area contributed by atoms with Crippen LogP contribution in [0.4, 0.5) is 0 Å². The Hall–Kier alpha value is -1.35. The van der Waals surface area contributed by atoms with Crippen molar-refractivity contribution < 1.29 is 4.79 Å². The predicted octanol–water partition coefficient (Wildman–Crippen LogP) is 2.13. The van der Waals surface area contributed by atoms with Crippen LogP contribution in [0.15, 0.2) is 24.3 Å². The summed E-state index contributed by atoms with van der Waals surface area (Å²) < 4.78 is 0. The smallest absolute Gasteiger partial charge is 0.244 e. The minimum Gasteiger partial charge on any atom is -0.340 e. The van der Waals surface area contributed by atoms with Gasteiger partial charge in [0.15, 0.2) is 0 Å². The second-order valence-corrected chi connectivity index (χ2v) is 6.51. The lowest BCUT2D eigenvalue weighted by Gasteiger charge is -2.30. The van der Waals surface area contributed by atoms with E-state index in [0.717, 1.165) is 32.5 Å². The Labute approximate surface area is 115 Å². The Morgan fingerprint density at radius 3 is 2.89 bits per heavy atom. The van der Waals surface area contributed by atoms with Gasteiger partial charge in [0, 0.05) is 19.6 Å². The quantitative estimate of drug-likeness (QED) is 0.837. The zero-order valence-electron chi connectivity index (χ0n) is 11.8. The number of carbonyl (C=O) groups excluding carboxylic acids is 1. The first kappa shape index (κ1) is 12.7. The summed E-state index contributed by atoms with van der Waals surface area (Å²) in [7, 11) is 0. The van der Waals surface area contributed by atoms with Crippen LogP contribution >= 0.6 is 0 Å². The van der Waals surface area contributed by atoms with Crippen molar-refractivity contribution in [2.75, 3.05) is 19.6 Å². The Bertz CT molecular complexity index is 495. The fourth-order valence-corrected chi connectivity index (χ4v) is 3.21. The van der Waals surface area contributed by atoms with Crippen LogP contribution in [0, 0.1) is 5.41 Å². The molecule has 0 radical (unpaired) electrons. The summed E-state index contributed by atoms with van der Waals surface area (Å²) in [6.07, 6.45) is 2.12. The average molecular weight is 258 g/mol. The Kier molecular flexibility index (Phi) is 3.09. The van der Waals surface area contributed by atoms with E-state index in [1.165, 1.54) is 11.1 Å². The van der Waals surface area contributed by atoms with Crippen molar-refractivity contribution in [1.82, 2.24) is 10.2 Å². The van der Waals surface area contributed by atoms with Gasteiger partial charge in [-0.3, -0.25) is 4.79 Å². The maximum absolute atomic E-state index is 12.7. The van der Waals surface area contributed by atoms with Gasteiger partial charge in [-0.25, -0.2) is 0 Å². The molecule has 0 bridgehead atoms. The molecule has 1 saturated heterocycles. The summed E-state index contributed by atoms with van der Waals surface area (Å²) in [6.45, 7) is 7.15. The molecule has 102 valence electrons. The van der Waals surface area contributed by atoms with Crippen molar-refractivity contribution in [3.05, 3.63) is 35.4 Å². The summed E-state index contributed by atoms with van der Waals surface area (Å²) in [5.41, 5.74) is 2.76. The number of hydrogen-bond acceptors (Lipinski definition) is 2. The lowest BCUT2D eigenvalue weighted by Crippen LogP contribution is -2.43. The number of nitrogens with zero attached hydrogens (tertiary/aromatic N) is 1. The Balaban J connectivity index is 1.82. The highest BCUT2D eigenvalue weighted by atomic mass is 16.2. The standard InChI is InChI=1S/C16H22N2O/c1-16(2)8-10-18(11-16)15(19)14-13-6-4-3-5-12(13)7-9-17-14/h3-6,14,17H,7-11H2,1-2H3. The van der Waals surface area contributed by atoms with Gasteiger partial charge < -0.3 is 10.2 Å². The lowest BCUT2D eigenvalue weighted by atomic mass is 9.92. The molecule has 3 heteroatoms. The minimum atomic E-state index is -0.140. The molecule has 2 aliphatic heterocycles. The molecule has 1 atom stereocenters. The van der Waals surface area contributed by atoms with E-state index in [0.29, 0.717) is 0 Å². The number of likely N-dealkylation sites (tertiary alicyclic amines) is 1. The highest BCUT2D eigenvalue weighted by Gasteiger charge is 2.36. The summed E-state index contributed by atoms with van der Waals surface area (Å²) in [5.74, 6) is 0.248. The second kappa shape index (κ2) is 4.64. The molecule has 2 heterocycles. The first-order valence-corrected chi connectivity index (χ1v) is 7.17. The third-order valence-electron chi connectivity index (χ3n) is 4.34. The van der Waals surface area contributed by atoms with Gasteiger partial charge in [-0.05, 0) is 29.4 Å². The predicted molar refractivity (Wildman–Crippen MR) is 75.9 cm³/mol. The molecule has 1 N–H and O–H groups in total. The third-order valence-corrected chi connectivity index (χ3v) is 4.34. The molecule has 0 aliphatic carbocycles. The minimum absolute atomic E-state index is 0.140. The van der Waals surface area contributed by atoms with Gasteiger partial charge >= 0.3 is 0 Å². The van der Waals surface area contributed by atoms with E-state index in [1.807, 2.05) is 11.0 Å². The van der Waals surface area contributed by atoms with Crippen LogP contribution in [0.5, 0.6) is 0 Å². The van der Waals surface area contributed by atoms with Crippen LogP contribution in [0.2, 0.25) is 0 Å². The van der Waals surface area contributed by atoms with Gasteiger partial charge in [-0.1, -0.05) is 38.1 Å². The van der Waals surface area contributed by atoms with Gasteiger partial charge in [-0.2, -0.15) is 0 Å². The molecule has 1 unspecified atom stereocenters. The van der Waals surface area contributed by atoms with E-state index < -0.39 is 0 Å². The van der Waals surface area contributed by atoms with Crippen LogP contribution in [0.3, 0.4) is 0 Å². The number of carbonyl (C=O) groups is 1. The molecule has 1 amide bonds. The molecule has 0 spiro atoms. The second-order valence-electron chi connectivity index (χ2n) is 6.51. The van der Waals surface area contributed by atoms with E-state index in [9.17, 15) is 4.79 Å². The molecule has 1 fully saturated rings. The fraction of sp³-hybridized carbons (Fsp3) is 0.562. The third kappa shape index (κ3) is 2.39. The first-order chi connectivity index (χ1) is 9.07. The number of benzene rings is 1. The molecular formula is C16H22N2O. The molecule has 19 heavy (non-hydrogen) atoms. The van der Waals surface area contributed by atoms with Gasteiger partial charge in [0.1, 0.15) is 6.04 Å². The van der Waals surface area contributed by atoms with Gasteiger partial charge in [0.25, 0.3) is 0 Å². The SMILES string of the molecule is CC1(C)CCN(C(=O)C2NCCc3ccccc32)C1. The van der Waals surface area contributed by atoms with Crippen LogP contribution in [0.25, 0.3) is 0 Å². The summed E-state index contributed by atoms with van der Waals surface area (Å²) in [5, 5.41) is 3.39. The molecule has 3 rings (SSSR count). The molecule has 2 aliphatic rings. The zero-order valence-corrected chi connectivity index (χ0v) is 11.8. The Morgan fingerprint density at radius 1 is 1.37 bits per heavy atom. The van der Waals surface area contributed by atoms with Crippen molar-refractivity contribution in [2.45, 2.75) is 32.7 Å². The molecule has 0 saturated carbocycles. The van der Waals surface area contributed by atoms with E-state index in [1.54, 1.807) is 0 Å². The van der Waals surface area contributed by atoms with Crippen molar-refractivity contribution >= 4 is 5.91 Å². The fourth-order valence-electron chi connectivity index (χ4n) is 3.21. The van der Waals surface area contributed by atoms with Crippen LogP contribution in [-0.2, 0) is 11.2 Å². The summed E-state index contributed by atoms with van der Waals surface area (Å²) in [6, 6.07) is 8.18. The normalized spacial score (nSPS) is 25.2. The van der Waals surface area contributed by atoms with E-state index in [-0.39, 0.29) is 17.4 Å².